The Morgan fingerprint density at radius 1 is 0.812 bits per heavy atom. The number of fused-ring (bicyclic) bond motifs is 1. The number of hydrogen-bond acceptors (Lipinski definition) is 3. The van der Waals surface area contributed by atoms with E-state index >= 15 is 0 Å². The molecule has 4 amide bonds. The zero-order chi connectivity index (χ0) is 22.3. The average molecular weight is 428 g/mol. The third-order valence-corrected chi connectivity index (χ3v) is 5.27. The molecule has 162 valence electrons. The van der Waals surface area contributed by atoms with E-state index in [4.69, 9.17) is 0 Å². The second-order valence-electron chi connectivity index (χ2n) is 7.66. The number of carbonyl (C=O) groups is 3. The standard InChI is InChI=1S/C25H24N4O3/c30-23(14-13-18-15-17-7-4-5-12-22(17)29-24(18)31)26-20-10-6-11-21(16-20)28-25(32)27-19-8-2-1-3-9-19/h1-12,16,18H,13-15H2,(H,26,30)(H,29,31)(H2,27,28,32). The fourth-order valence-electron chi connectivity index (χ4n) is 3.66. The zero-order valence-corrected chi connectivity index (χ0v) is 17.4. The van der Waals surface area contributed by atoms with Crippen molar-refractivity contribution in [2.75, 3.05) is 21.3 Å². The highest BCUT2D eigenvalue weighted by atomic mass is 16.2. The van der Waals surface area contributed by atoms with Crippen LogP contribution in [-0.4, -0.2) is 17.8 Å². The summed E-state index contributed by atoms with van der Waals surface area (Å²) in [6, 6.07) is 23.4. The van der Waals surface area contributed by atoms with Crippen molar-refractivity contribution in [3.63, 3.8) is 0 Å². The monoisotopic (exact) mass is 428 g/mol. The van der Waals surface area contributed by atoms with E-state index in [1.165, 1.54) is 0 Å². The molecule has 0 saturated carbocycles. The number of anilines is 4. The molecule has 0 radical (unpaired) electrons. The lowest BCUT2D eigenvalue weighted by atomic mass is 9.89. The Balaban J connectivity index is 1.28. The van der Waals surface area contributed by atoms with Crippen LogP contribution < -0.4 is 21.3 Å². The van der Waals surface area contributed by atoms with Crippen molar-refractivity contribution in [3.8, 4) is 0 Å². The smallest absolute Gasteiger partial charge is 0.323 e. The molecule has 1 unspecified atom stereocenters. The van der Waals surface area contributed by atoms with Crippen LogP contribution in [0, 0.1) is 5.92 Å². The van der Waals surface area contributed by atoms with Gasteiger partial charge in [0.15, 0.2) is 0 Å². The highest BCUT2D eigenvalue weighted by Crippen LogP contribution is 2.27. The third kappa shape index (κ3) is 5.51. The van der Waals surface area contributed by atoms with Gasteiger partial charge in [-0.25, -0.2) is 4.79 Å². The van der Waals surface area contributed by atoms with Gasteiger partial charge in [0.05, 0.1) is 0 Å². The number of carbonyl (C=O) groups excluding carboxylic acids is 3. The first-order valence-corrected chi connectivity index (χ1v) is 10.5. The summed E-state index contributed by atoms with van der Waals surface area (Å²) in [4.78, 5) is 36.9. The number of rotatable bonds is 6. The van der Waals surface area contributed by atoms with E-state index in [0.717, 1.165) is 11.3 Å². The molecule has 32 heavy (non-hydrogen) atoms. The lowest BCUT2D eigenvalue weighted by molar-refractivity contribution is -0.121. The van der Waals surface area contributed by atoms with Gasteiger partial charge >= 0.3 is 6.03 Å². The van der Waals surface area contributed by atoms with E-state index < -0.39 is 0 Å². The first-order valence-electron chi connectivity index (χ1n) is 10.5. The molecule has 0 saturated heterocycles. The lowest BCUT2D eigenvalue weighted by Gasteiger charge is -2.24. The van der Waals surface area contributed by atoms with E-state index in [2.05, 4.69) is 21.3 Å². The molecule has 0 bridgehead atoms. The van der Waals surface area contributed by atoms with Crippen molar-refractivity contribution in [3.05, 3.63) is 84.4 Å². The molecule has 1 aliphatic rings. The molecule has 0 aromatic heterocycles. The van der Waals surface area contributed by atoms with Gasteiger partial charge in [-0.3, -0.25) is 9.59 Å². The number of nitrogens with one attached hydrogen (secondary N) is 4. The summed E-state index contributed by atoms with van der Waals surface area (Å²) < 4.78 is 0. The predicted octanol–water partition coefficient (Wildman–Crippen LogP) is 4.86. The first-order chi connectivity index (χ1) is 15.6. The third-order valence-electron chi connectivity index (χ3n) is 5.27. The zero-order valence-electron chi connectivity index (χ0n) is 17.4. The summed E-state index contributed by atoms with van der Waals surface area (Å²) in [5.41, 5.74) is 3.75. The highest BCUT2D eigenvalue weighted by Gasteiger charge is 2.26. The van der Waals surface area contributed by atoms with Crippen molar-refractivity contribution in [2.24, 2.45) is 5.92 Å². The Morgan fingerprint density at radius 2 is 1.47 bits per heavy atom. The Labute approximate surface area is 186 Å². The molecule has 3 aromatic rings. The molecule has 7 nitrogen and oxygen atoms in total. The normalized spacial score (nSPS) is 14.6. The highest BCUT2D eigenvalue weighted by molar-refractivity contribution is 6.00. The Hall–Kier alpha value is -4.13. The van der Waals surface area contributed by atoms with Gasteiger partial charge in [0.2, 0.25) is 11.8 Å². The number of benzene rings is 3. The largest absolute Gasteiger partial charge is 0.326 e. The van der Waals surface area contributed by atoms with Crippen LogP contribution in [0.2, 0.25) is 0 Å². The molecule has 7 heteroatoms. The summed E-state index contributed by atoms with van der Waals surface area (Å²) in [7, 11) is 0. The van der Waals surface area contributed by atoms with E-state index in [9.17, 15) is 14.4 Å². The summed E-state index contributed by atoms with van der Waals surface area (Å²) in [6.07, 6.45) is 1.32. The Kier molecular flexibility index (Phi) is 6.46. The quantitative estimate of drug-likeness (QED) is 0.451. The van der Waals surface area contributed by atoms with Crippen LogP contribution in [0.15, 0.2) is 78.9 Å². The second kappa shape index (κ2) is 9.78. The molecular weight excluding hydrogens is 404 g/mol. The van der Waals surface area contributed by atoms with Crippen LogP contribution in [0.4, 0.5) is 27.5 Å². The van der Waals surface area contributed by atoms with Gasteiger partial charge in [-0.1, -0.05) is 42.5 Å². The van der Waals surface area contributed by atoms with Crippen molar-refractivity contribution in [1.29, 1.82) is 0 Å². The predicted molar refractivity (Wildman–Crippen MR) is 126 cm³/mol. The Morgan fingerprint density at radius 3 is 2.28 bits per heavy atom. The lowest BCUT2D eigenvalue weighted by Crippen LogP contribution is -2.30. The van der Waals surface area contributed by atoms with Gasteiger partial charge in [-0.05, 0) is 54.8 Å². The minimum absolute atomic E-state index is 0.0490. The number of amides is 4. The van der Waals surface area contributed by atoms with Crippen LogP contribution in [0.1, 0.15) is 18.4 Å². The minimum Gasteiger partial charge on any atom is -0.326 e. The first kappa shape index (κ1) is 21.1. The van der Waals surface area contributed by atoms with Crippen molar-refractivity contribution < 1.29 is 14.4 Å². The molecule has 3 aromatic carbocycles. The summed E-state index contributed by atoms with van der Waals surface area (Å²) in [5, 5.41) is 11.2. The van der Waals surface area contributed by atoms with Gasteiger partial charge in [-0.15, -0.1) is 0 Å². The maximum atomic E-state index is 12.4. The number of hydrogen-bond donors (Lipinski definition) is 4. The van der Waals surface area contributed by atoms with Crippen LogP contribution >= 0.6 is 0 Å². The van der Waals surface area contributed by atoms with Gasteiger partial charge < -0.3 is 21.3 Å². The number of para-hydroxylation sites is 2. The van der Waals surface area contributed by atoms with Gasteiger partial charge in [0, 0.05) is 35.1 Å². The van der Waals surface area contributed by atoms with Gasteiger partial charge in [0.1, 0.15) is 0 Å². The van der Waals surface area contributed by atoms with E-state index in [0.29, 0.717) is 29.9 Å². The van der Waals surface area contributed by atoms with Crippen molar-refractivity contribution in [1.82, 2.24) is 0 Å². The van der Waals surface area contributed by atoms with Gasteiger partial charge in [0.25, 0.3) is 0 Å². The molecule has 0 aliphatic carbocycles. The fraction of sp³-hybridized carbons (Fsp3) is 0.160. The molecule has 1 aliphatic heterocycles. The van der Waals surface area contributed by atoms with E-state index in [-0.39, 0.29) is 30.2 Å². The van der Waals surface area contributed by atoms with Crippen LogP contribution in [-0.2, 0) is 16.0 Å². The SMILES string of the molecule is O=C(CCC1Cc2ccccc2NC1=O)Nc1cccc(NC(=O)Nc2ccccc2)c1. The number of urea groups is 1. The summed E-state index contributed by atoms with van der Waals surface area (Å²) >= 11 is 0. The Bertz CT molecular complexity index is 1130. The van der Waals surface area contributed by atoms with Crippen LogP contribution in [0.3, 0.4) is 0 Å². The van der Waals surface area contributed by atoms with Gasteiger partial charge in [-0.2, -0.15) is 0 Å². The van der Waals surface area contributed by atoms with Crippen molar-refractivity contribution >= 4 is 40.6 Å². The average Bonchev–Trinajstić information content (AvgIpc) is 2.78. The molecule has 4 rings (SSSR count). The summed E-state index contributed by atoms with van der Waals surface area (Å²) in [6.45, 7) is 0. The van der Waals surface area contributed by atoms with Crippen molar-refractivity contribution in [2.45, 2.75) is 19.3 Å². The maximum Gasteiger partial charge on any atom is 0.323 e. The fourth-order valence-corrected chi connectivity index (χ4v) is 3.66. The molecule has 0 fully saturated rings. The van der Waals surface area contributed by atoms with Crippen LogP contribution in [0.25, 0.3) is 0 Å². The van der Waals surface area contributed by atoms with E-state index in [1.54, 1.807) is 36.4 Å². The topological polar surface area (TPSA) is 99.3 Å². The second-order valence-corrected chi connectivity index (χ2v) is 7.66. The molecule has 1 heterocycles. The molecule has 0 spiro atoms. The molecule has 1 atom stereocenters. The summed E-state index contributed by atoms with van der Waals surface area (Å²) in [5.74, 6) is -0.458. The maximum absolute atomic E-state index is 12.4. The molecule has 4 N–H and O–H groups in total. The van der Waals surface area contributed by atoms with Crippen LogP contribution in [0.5, 0.6) is 0 Å². The molecular formula is C25H24N4O3. The van der Waals surface area contributed by atoms with E-state index in [1.807, 2.05) is 42.5 Å². The minimum atomic E-state index is -0.372.